The van der Waals surface area contributed by atoms with E-state index in [4.69, 9.17) is 24.8 Å². The second-order valence-electron chi connectivity index (χ2n) is 3.72. The molecule has 1 saturated heterocycles. The number of aliphatic hydroxyl groups is 2. The maximum Gasteiger partial charge on any atom is 0.303 e. The standard InChI is InChI=1S/C9H15N3O6/c1-4(14)17-8-6(11-12-10)7(15)5(3-13)18-9(8)16-2/h5-9,13,15H,3H2,1-2H3/t5-,6-,7-,8+,9+/m1/s1. The quantitative estimate of drug-likeness (QED) is 0.298. The molecule has 0 aromatic heterocycles. The van der Waals surface area contributed by atoms with Gasteiger partial charge in [-0.3, -0.25) is 4.79 Å². The predicted octanol–water partition coefficient (Wildman–Crippen LogP) is -0.679. The predicted molar refractivity (Wildman–Crippen MR) is 57.3 cm³/mol. The van der Waals surface area contributed by atoms with Crippen molar-refractivity contribution in [3.63, 3.8) is 0 Å². The van der Waals surface area contributed by atoms with Crippen LogP contribution in [0.15, 0.2) is 5.11 Å². The smallest absolute Gasteiger partial charge is 0.303 e. The maximum absolute atomic E-state index is 11.0. The van der Waals surface area contributed by atoms with Crippen molar-refractivity contribution in [3.05, 3.63) is 10.4 Å². The molecule has 1 fully saturated rings. The van der Waals surface area contributed by atoms with Crippen molar-refractivity contribution in [2.75, 3.05) is 13.7 Å². The van der Waals surface area contributed by atoms with Crippen molar-refractivity contribution in [2.45, 2.75) is 37.6 Å². The molecule has 9 nitrogen and oxygen atoms in total. The zero-order valence-electron chi connectivity index (χ0n) is 9.96. The molecule has 1 aliphatic heterocycles. The van der Waals surface area contributed by atoms with Crippen LogP contribution in [0.1, 0.15) is 6.92 Å². The summed E-state index contributed by atoms with van der Waals surface area (Å²) in [5.74, 6) is -0.626. The third kappa shape index (κ3) is 3.09. The highest BCUT2D eigenvalue weighted by Gasteiger charge is 2.46. The fourth-order valence-electron chi connectivity index (χ4n) is 1.76. The number of hydrogen-bond acceptors (Lipinski definition) is 7. The van der Waals surface area contributed by atoms with E-state index in [-0.39, 0.29) is 0 Å². The van der Waals surface area contributed by atoms with Crippen molar-refractivity contribution >= 4 is 5.97 Å². The third-order valence-corrected chi connectivity index (χ3v) is 2.54. The van der Waals surface area contributed by atoms with Gasteiger partial charge in [-0.2, -0.15) is 0 Å². The maximum atomic E-state index is 11.0. The van der Waals surface area contributed by atoms with Gasteiger partial charge in [0.15, 0.2) is 12.4 Å². The number of nitrogens with zero attached hydrogens (tertiary/aromatic N) is 3. The van der Waals surface area contributed by atoms with Crippen LogP contribution in [0.5, 0.6) is 0 Å². The molecule has 5 atom stereocenters. The van der Waals surface area contributed by atoms with Crippen molar-refractivity contribution in [3.8, 4) is 0 Å². The highest BCUT2D eigenvalue weighted by molar-refractivity contribution is 5.66. The minimum Gasteiger partial charge on any atom is -0.457 e. The SMILES string of the molecule is CO[C@H]1O[C@H](CO)[C@@H](O)[C@@H](N=[N+]=[N-])[C@@H]1OC(C)=O. The molecule has 0 unspecified atom stereocenters. The van der Waals surface area contributed by atoms with Crippen molar-refractivity contribution in [1.29, 1.82) is 0 Å². The highest BCUT2D eigenvalue weighted by Crippen LogP contribution is 2.26. The fraction of sp³-hybridized carbons (Fsp3) is 0.889. The molecule has 0 aromatic rings. The lowest BCUT2D eigenvalue weighted by atomic mass is 9.97. The van der Waals surface area contributed by atoms with Crippen LogP contribution in [0.3, 0.4) is 0 Å². The Morgan fingerprint density at radius 3 is 2.72 bits per heavy atom. The van der Waals surface area contributed by atoms with Crippen LogP contribution in [0.25, 0.3) is 10.4 Å². The van der Waals surface area contributed by atoms with E-state index in [1.54, 1.807) is 0 Å². The van der Waals surface area contributed by atoms with Gasteiger partial charge < -0.3 is 24.4 Å². The lowest BCUT2D eigenvalue weighted by Crippen LogP contribution is -2.59. The third-order valence-electron chi connectivity index (χ3n) is 2.54. The lowest BCUT2D eigenvalue weighted by molar-refractivity contribution is -0.272. The number of carbonyl (C=O) groups excluding carboxylic acids is 1. The van der Waals surface area contributed by atoms with Gasteiger partial charge in [0.2, 0.25) is 0 Å². The number of aliphatic hydroxyl groups excluding tert-OH is 2. The van der Waals surface area contributed by atoms with E-state index in [0.717, 1.165) is 0 Å². The van der Waals surface area contributed by atoms with Gasteiger partial charge in [0, 0.05) is 18.9 Å². The van der Waals surface area contributed by atoms with Crippen LogP contribution in [0.4, 0.5) is 0 Å². The molecule has 0 aliphatic carbocycles. The van der Waals surface area contributed by atoms with Gasteiger partial charge in [0.05, 0.1) is 12.7 Å². The monoisotopic (exact) mass is 261 g/mol. The summed E-state index contributed by atoms with van der Waals surface area (Å²) >= 11 is 0. The van der Waals surface area contributed by atoms with Gasteiger partial charge >= 0.3 is 5.97 Å². The number of hydrogen-bond donors (Lipinski definition) is 2. The van der Waals surface area contributed by atoms with Crippen LogP contribution < -0.4 is 0 Å². The summed E-state index contributed by atoms with van der Waals surface area (Å²) in [6, 6.07) is -1.09. The molecule has 0 saturated carbocycles. The van der Waals surface area contributed by atoms with E-state index in [1.807, 2.05) is 0 Å². The second-order valence-corrected chi connectivity index (χ2v) is 3.72. The van der Waals surface area contributed by atoms with E-state index >= 15 is 0 Å². The van der Waals surface area contributed by atoms with Crippen molar-refractivity contribution < 1.29 is 29.2 Å². The minimum atomic E-state index is -1.29. The van der Waals surface area contributed by atoms with E-state index in [2.05, 4.69) is 10.0 Å². The summed E-state index contributed by atoms with van der Waals surface area (Å²) in [5, 5.41) is 22.3. The fourth-order valence-corrected chi connectivity index (χ4v) is 1.76. The van der Waals surface area contributed by atoms with Crippen LogP contribution in [-0.2, 0) is 19.0 Å². The van der Waals surface area contributed by atoms with Gasteiger partial charge in [-0.25, -0.2) is 0 Å². The molecule has 9 heteroatoms. The summed E-state index contributed by atoms with van der Waals surface area (Å²) in [7, 11) is 1.31. The molecule has 18 heavy (non-hydrogen) atoms. The molecule has 0 bridgehead atoms. The first kappa shape index (κ1) is 14.7. The van der Waals surface area contributed by atoms with Gasteiger partial charge in [-0.1, -0.05) is 5.11 Å². The van der Waals surface area contributed by atoms with Crippen LogP contribution in [0, 0.1) is 0 Å². The Hall–Kier alpha value is -1.38. The molecular weight excluding hydrogens is 246 g/mol. The van der Waals surface area contributed by atoms with Crippen molar-refractivity contribution in [2.24, 2.45) is 5.11 Å². The summed E-state index contributed by atoms with van der Waals surface area (Å²) in [6.45, 7) is 0.690. The highest BCUT2D eigenvalue weighted by atomic mass is 16.7. The van der Waals surface area contributed by atoms with E-state index in [9.17, 15) is 9.90 Å². The Balaban J connectivity index is 2.99. The first-order valence-electron chi connectivity index (χ1n) is 5.23. The van der Waals surface area contributed by atoms with Gasteiger partial charge in [0.25, 0.3) is 0 Å². The number of azide groups is 1. The lowest BCUT2D eigenvalue weighted by Gasteiger charge is -2.41. The van der Waals surface area contributed by atoms with E-state index in [0.29, 0.717) is 0 Å². The summed E-state index contributed by atoms with van der Waals surface area (Å²) in [4.78, 5) is 13.6. The van der Waals surface area contributed by atoms with Crippen LogP contribution >= 0.6 is 0 Å². The number of ether oxygens (including phenoxy) is 3. The Labute approximate surface area is 103 Å². The molecule has 0 radical (unpaired) electrons. The normalized spacial score (nSPS) is 35.7. The Morgan fingerprint density at radius 1 is 1.61 bits per heavy atom. The number of carbonyl (C=O) groups is 1. The Bertz CT molecular complexity index is 345. The molecule has 1 rings (SSSR count). The van der Waals surface area contributed by atoms with Crippen LogP contribution in [-0.4, -0.2) is 60.5 Å². The number of esters is 1. The summed E-state index contributed by atoms with van der Waals surface area (Å²) in [5.41, 5.74) is 8.47. The molecule has 0 spiro atoms. The van der Waals surface area contributed by atoms with E-state index < -0.39 is 43.2 Å². The van der Waals surface area contributed by atoms with Gasteiger partial charge in [-0.05, 0) is 5.53 Å². The molecular formula is C9H15N3O6. The number of rotatable bonds is 4. The molecule has 102 valence electrons. The molecule has 0 aromatic carbocycles. The summed E-state index contributed by atoms with van der Waals surface area (Å²) in [6.07, 6.45) is -4.36. The molecule has 1 aliphatic rings. The first-order valence-corrected chi connectivity index (χ1v) is 5.23. The number of methoxy groups -OCH3 is 1. The van der Waals surface area contributed by atoms with Crippen molar-refractivity contribution in [1.82, 2.24) is 0 Å². The average molecular weight is 261 g/mol. The zero-order valence-corrected chi connectivity index (χ0v) is 9.96. The Kier molecular flexibility index (Phi) is 5.32. The molecule has 0 amide bonds. The zero-order chi connectivity index (χ0) is 13.7. The largest absolute Gasteiger partial charge is 0.457 e. The van der Waals surface area contributed by atoms with E-state index in [1.165, 1.54) is 14.0 Å². The Morgan fingerprint density at radius 2 is 2.28 bits per heavy atom. The minimum absolute atomic E-state index is 0.481. The second kappa shape index (κ2) is 6.53. The van der Waals surface area contributed by atoms with Gasteiger partial charge in [-0.15, -0.1) is 0 Å². The summed E-state index contributed by atoms with van der Waals surface area (Å²) < 4.78 is 15.1. The van der Waals surface area contributed by atoms with Crippen LogP contribution in [0.2, 0.25) is 0 Å². The first-order chi connectivity index (χ1) is 8.54. The van der Waals surface area contributed by atoms with Gasteiger partial charge in [0.1, 0.15) is 12.1 Å². The molecule has 1 heterocycles. The average Bonchev–Trinajstić information content (AvgIpc) is 2.33. The molecule has 2 N–H and O–H groups in total. The topological polar surface area (TPSA) is 134 Å².